The van der Waals surface area contributed by atoms with E-state index in [1.54, 1.807) is 0 Å². The molecular weight excluding hydrogens is 407 g/mol. The molecule has 0 heterocycles. The summed E-state index contributed by atoms with van der Waals surface area (Å²) in [4.78, 5) is 0. The molecule has 1 aromatic carbocycles. The van der Waals surface area contributed by atoms with Crippen LogP contribution >= 0.6 is 0 Å². The molecule has 0 radical (unpaired) electrons. The van der Waals surface area contributed by atoms with E-state index in [1.807, 2.05) is 19.1 Å². The normalized spacial score (nSPS) is 12.4. The van der Waals surface area contributed by atoms with E-state index >= 15 is 0 Å². The van der Waals surface area contributed by atoms with Crippen LogP contribution in [0.2, 0.25) is 0 Å². The van der Waals surface area contributed by atoms with Gasteiger partial charge in [-0.15, -0.1) is 0 Å². The third-order valence-corrected chi connectivity index (χ3v) is 6.39. The van der Waals surface area contributed by atoms with Crippen molar-refractivity contribution in [2.24, 2.45) is 0 Å². The Morgan fingerprint density at radius 1 is 0.833 bits per heavy atom. The van der Waals surface area contributed by atoms with Crippen LogP contribution in [-0.4, -0.2) is 18.4 Å². The minimum atomic E-state index is -4.49. The van der Waals surface area contributed by atoms with Crippen LogP contribution in [0, 0.1) is 0 Å². The Labute approximate surface area is 207 Å². The summed E-state index contributed by atoms with van der Waals surface area (Å²) in [6.07, 6.45) is 14.7. The van der Waals surface area contributed by atoms with Crippen LogP contribution in [0.25, 0.3) is 0 Å². The summed E-state index contributed by atoms with van der Waals surface area (Å²) in [6.45, 7) is 6.29. The van der Waals surface area contributed by atoms with Gasteiger partial charge in [-0.05, 0) is 49.3 Å². The second kappa shape index (κ2) is 17.5. The average molecular weight is 449 g/mol. The van der Waals surface area contributed by atoms with Gasteiger partial charge in [0.05, 0.1) is 0 Å². The molecule has 0 saturated heterocycles. The van der Waals surface area contributed by atoms with E-state index in [4.69, 9.17) is 4.74 Å². The molecule has 0 aliphatic heterocycles. The van der Waals surface area contributed by atoms with E-state index in [2.05, 4.69) is 19.9 Å². The first-order chi connectivity index (χ1) is 13.9. The van der Waals surface area contributed by atoms with Gasteiger partial charge in [-0.2, -0.15) is 0 Å². The van der Waals surface area contributed by atoms with Gasteiger partial charge in [0.25, 0.3) is 0 Å². The van der Waals surface area contributed by atoms with Gasteiger partial charge in [0.2, 0.25) is 0 Å². The second-order valence-electron chi connectivity index (χ2n) is 8.05. The van der Waals surface area contributed by atoms with Crippen LogP contribution in [0.3, 0.4) is 0 Å². The fraction of sp³-hybridized carbons (Fsp3) is 0.750. The summed E-state index contributed by atoms with van der Waals surface area (Å²) in [5.41, 5.74) is 1.04. The predicted octanol–water partition coefficient (Wildman–Crippen LogP) is 3.77. The van der Waals surface area contributed by atoms with Crippen LogP contribution in [0.5, 0.6) is 5.75 Å². The molecule has 1 atom stereocenters. The Hall–Kier alpha value is -0.0700. The molecule has 0 aliphatic rings. The zero-order valence-corrected chi connectivity index (χ0v) is 22.6. The molecule has 0 saturated carbocycles. The number of benzene rings is 1. The minimum absolute atomic E-state index is 0. The molecule has 1 rings (SSSR count). The van der Waals surface area contributed by atoms with E-state index in [-0.39, 0.29) is 36.0 Å². The van der Waals surface area contributed by atoms with Gasteiger partial charge in [-0.25, -0.2) is 8.42 Å². The maximum absolute atomic E-state index is 11.6. The van der Waals surface area contributed by atoms with E-state index in [1.165, 1.54) is 50.5 Å². The van der Waals surface area contributed by atoms with E-state index < -0.39 is 15.6 Å². The van der Waals surface area contributed by atoms with Crippen molar-refractivity contribution in [3.63, 3.8) is 0 Å². The number of hydrogen-bond acceptors (Lipinski definition) is 4. The number of rotatable bonds is 17. The zero-order valence-electron chi connectivity index (χ0n) is 19.8. The standard InChI is InChI=1S/C24H42O4S.Na/c1-4-7-9-11-13-17-21-18-15-20-23(22(21)19-14-12-10-8-5-2)28-24(16-6-3)29(25,26)27;/h15,18,20,24H,4-14,16-17,19H2,1-3H3,(H,25,26,27);/q;+1/p-1. The SMILES string of the molecule is CCCCCCCc1cccc(OC(CCC)S(=O)(=O)[O-])c1CCCCCCC.[Na+]. The fourth-order valence-electron chi connectivity index (χ4n) is 3.70. The monoisotopic (exact) mass is 448 g/mol. The molecule has 0 spiro atoms. The van der Waals surface area contributed by atoms with Gasteiger partial charge in [0.15, 0.2) is 5.44 Å². The Morgan fingerprint density at radius 3 is 1.93 bits per heavy atom. The van der Waals surface area contributed by atoms with E-state index in [0.29, 0.717) is 12.2 Å². The maximum Gasteiger partial charge on any atom is 1.00 e. The molecule has 0 fully saturated rings. The maximum atomic E-state index is 11.6. The minimum Gasteiger partial charge on any atom is -0.745 e. The average Bonchev–Trinajstić information content (AvgIpc) is 2.68. The Bertz CT molecular complexity index is 661. The van der Waals surface area contributed by atoms with Crippen molar-refractivity contribution in [2.45, 2.75) is 116 Å². The van der Waals surface area contributed by atoms with Gasteiger partial charge < -0.3 is 9.29 Å². The fourth-order valence-corrected chi connectivity index (χ4v) is 4.45. The topological polar surface area (TPSA) is 66.4 Å². The number of ether oxygens (including phenoxy) is 1. The number of hydrogen-bond donors (Lipinski definition) is 0. The molecule has 0 bridgehead atoms. The molecule has 0 amide bonds. The van der Waals surface area contributed by atoms with Gasteiger partial charge in [0.1, 0.15) is 15.9 Å². The molecule has 1 aromatic rings. The molecule has 30 heavy (non-hydrogen) atoms. The molecule has 0 N–H and O–H groups in total. The van der Waals surface area contributed by atoms with Crippen molar-refractivity contribution in [1.82, 2.24) is 0 Å². The quantitative estimate of drug-likeness (QED) is 0.207. The number of unbranched alkanes of at least 4 members (excludes halogenated alkanes) is 8. The largest absolute Gasteiger partial charge is 1.00 e. The first kappa shape index (κ1) is 29.9. The van der Waals surface area contributed by atoms with Gasteiger partial charge in [-0.1, -0.05) is 90.7 Å². The third-order valence-electron chi connectivity index (χ3n) is 5.41. The molecule has 168 valence electrons. The van der Waals surface area contributed by atoms with Crippen LogP contribution in [0.1, 0.15) is 109 Å². The molecule has 6 heteroatoms. The van der Waals surface area contributed by atoms with Crippen molar-refractivity contribution >= 4 is 10.1 Å². The molecule has 0 aliphatic carbocycles. The van der Waals surface area contributed by atoms with Crippen molar-refractivity contribution in [1.29, 1.82) is 0 Å². The van der Waals surface area contributed by atoms with Crippen LogP contribution < -0.4 is 34.3 Å². The Kier molecular flexibility index (Phi) is 17.4. The van der Waals surface area contributed by atoms with Crippen LogP contribution in [0.4, 0.5) is 0 Å². The van der Waals surface area contributed by atoms with Gasteiger partial charge in [0, 0.05) is 0 Å². The summed E-state index contributed by atoms with van der Waals surface area (Å²) in [6, 6.07) is 5.89. The first-order valence-corrected chi connectivity index (χ1v) is 13.1. The van der Waals surface area contributed by atoms with Crippen molar-refractivity contribution in [2.75, 3.05) is 0 Å². The van der Waals surface area contributed by atoms with E-state index in [0.717, 1.165) is 37.7 Å². The third kappa shape index (κ3) is 12.1. The Balaban J connectivity index is 0.00000841. The Morgan fingerprint density at radius 2 is 1.40 bits per heavy atom. The van der Waals surface area contributed by atoms with Crippen molar-refractivity contribution < 1.29 is 47.3 Å². The van der Waals surface area contributed by atoms with Gasteiger partial charge >= 0.3 is 29.6 Å². The predicted molar refractivity (Wildman–Crippen MR) is 120 cm³/mol. The molecule has 1 unspecified atom stereocenters. The summed E-state index contributed by atoms with van der Waals surface area (Å²) in [7, 11) is -4.49. The molecular formula is C24H41NaO4S. The number of aryl methyl sites for hydroxylation is 1. The summed E-state index contributed by atoms with van der Waals surface area (Å²) in [5, 5.41) is 0. The molecule has 0 aromatic heterocycles. The van der Waals surface area contributed by atoms with Crippen molar-refractivity contribution in [3.8, 4) is 5.75 Å². The molecule has 4 nitrogen and oxygen atoms in total. The van der Waals surface area contributed by atoms with Crippen LogP contribution in [0.15, 0.2) is 18.2 Å². The summed E-state index contributed by atoms with van der Waals surface area (Å²) < 4.78 is 40.8. The summed E-state index contributed by atoms with van der Waals surface area (Å²) >= 11 is 0. The van der Waals surface area contributed by atoms with Crippen molar-refractivity contribution in [3.05, 3.63) is 29.3 Å². The summed E-state index contributed by atoms with van der Waals surface area (Å²) in [5.74, 6) is 0.587. The smallest absolute Gasteiger partial charge is 0.745 e. The van der Waals surface area contributed by atoms with Crippen LogP contribution in [-0.2, 0) is 23.0 Å². The zero-order chi connectivity index (χ0) is 21.5. The van der Waals surface area contributed by atoms with Gasteiger partial charge in [-0.3, -0.25) is 0 Å². The first-order valence-electron chi connectivity index (χ1n) is 11.7. The van der Waals surface area contributed by atoms with E-state index in [9.17, 15) is 13.0 Å². The second-order valence-corrected chi connectivity index (χ2v) is 9.56.